The molecule has 2 nitrogen and oxygen atoms in total. The maximum Gasteiger partial charge on any atom is 0.123 e. The average molecular weight is 282 g/mol. The standard InChI is InChI=1S/C18H19FN2/c1-12(2)21-16-7-5-4-6-15(16)17(18(21)20-3)13-8-10-14(19)11-9-13/h4-12,20H,1-3H3. The van der Waals surface area contributed by atoms with Gasteiger partial charge in [0.25, 0.3) is 0 Å². The molecule has 0 atom stereocenters. The van der Waals surface area contributed by atoms with Crippen LogP contribution in [0.15, 0.2) is 48.5 Å². The van der Waals surface area contributed by atoms with Gasteiger partial charge in [-0.15, -0.1) is 0 Å². The molecule has 0 aliphatic rings. The molecule has 0 unspecified atom stereocenters. The number of rotatable bonds is 3. The maximum absolute atomic E-state index is 13.2. The van der Waals surface area contributed by atoms with Crippen LogP contribution in [-0.4, -0.2) is 11.6 Å². The minimum Gasteiger partial charge on any atom is -0.374 e. The van der Waals surface area contributed by atoms with E-state index in [1.54, 1.807) is 0 Å². The van der Waals surface area contributed by atoms with Crippen molar-refractivity contribution in [2.75, 3.05) is 12.4 Å². The van der Waals surface area contributed by atoms with Crippen molar-refractivity contribution in [2.45, 2.75) is 19.9 Å². The Labute approximate surface area is 124 Å². The van der Waals surface area contributed by atoms with Gasteiger partial charge in [0.2, 0.25) is 0 Å². The smallest absolute Gasteiger partial charge is 0.123 e. The van der Waals surface area contributed by atoms with E-state index in [4.69, 9.17) is 0 Å². The molecular weight excluding hydrogens is 263 g/mol. The summed E-state index contributed by atoms with van der Waals surface area (Å²) in [5.41, 5.74) is 3.34. The van der Waals surface area contributed by atoms with Crippen LogP contribution >= 0.6 is 0 Å². The summed E-state index contributed by atoms with van der Waals surface area (Å²) in [5, 5.41) is 4.50. The SMILES string of the molecule is CNc1c(-c2ccc(F)cc2)c2ccccc2n1C(C)C. The molecule has 3 aromatic rings. The molecule has 108 valence electrons. The third-order valence-corrected chi connectivity index (χ3v) is 3.80. The molecule has 0 radical (unpaired) electrons. The van der Waals surface area contributed by atoms with Gasteiger partial charge >= 0.3 is 0 Å². The van der Waals surface area contributed by atoms with E-state index in [0.717, 1.165) is 16.9 Å². The molecule has 2 aromatic carbocycles. The molecular formula is C18H19FN2. The molecule has 0 saturated carbocycles. The Hall–Kier alpha value is -2.29. The highest BCUT2D eigenvalue weighted by molar-refractivity contribution is 6.03. The lowest BCUT2D eigenvalue weighted by atomic mass is 10.0. The van der Waals surface area contributed by atoms with Crippen molar-refractivity contribution < 1.29 is 4.39 Å². The summed E-state index contributed by atoms with van der Waals surface area (Å²) in [7, 11) is 1.93. The fourth-order valence-corrected chi connectivity index (χ4v) is 2.95. The number of para-hydroxylation sites is 1. The molecule has 0 saturated heterocycles. The van der Waals surface area contributed by atoms with Gasteiger partial charge in [0.15, 0.2) is 0 Å². The van der Waals surface area contributed by atoms with Crippen LogP contribution in [0.1, 0.15) is 19.9 Å². The van der Waals surface area contributed by atoms with E-state index >= 15 is 0 Å². The number of aromatic nitrogens is 1. The van der Waals surface area contributed by atoms with Crippen LogP contribution in [0, 0.1) is 5.82 Å². The van der Waals surface area contributed by atoms with Gasteiger partial charge in [-0.1, -0.05) is 30.3 Å². The van der Waals surface area contributed by atoms with Gasteiger partial charge in [-0.2, -0.15) is 0 Å². The van der Waals surface area contributed by atoms with E-state index in [-0.39, 0.29) is 5.82 Å². The lowest BCUT2D eigenvalue weighted by Crippen LogP contribution is -2.05. The molecule has 0 bridgehead atoms. The monoisotopic (exact) mass is 282 g/mol. The third kappa shape index (κ3) is 2.19. The predicted octanol–water partition coefficient (Wildman–Crippen LogP) is 5.07. The minimum absolute atomic E-state index is 0.211. The molecule has 1 aromatic heterocycles. The van der Waals surface area contributed by atoms with E-state index in [1.807, 2.05) is 25.2 Å². The van der Waals surface area contributed by atoms with Crippen LogP contribution in [0.3, 0.4) is 0 Å². The molecule has 0 spiro atoms. The summed E-state index contributed by atoms with van der Waals surface area (Å²) in [6, 6.07) is 15.4. The Balaban J connectivity index is 2.38. The van der Waals surface area contributed by atoms with Crippen molar-refractivity contribution in [1.29, 1.82) is 0 Å². The zero-order valence-electron chi connectivity index (χ0n) is 12.5. The highest BCUT2D eigenvalue weighted by Gasteiger charge is 2.18. The topological polar surface area (TPSA) is 17.0 Å². The first-order valence-corrected chi connectivity index (χ1v) is 7.20. The van der Waals surface area contributed by atoms with Gasteiger partial charge in [0.05, 0.1) is 5.52 Å². The first kappa shape index (κ1) is 13.7. The molecule has 0 aliphatic heterocycles. The van der Waals surface area contributed by atoms with Crippen molar-refractivity contribution >= 4 is 16.7 Å². The number of halogens is 1. The van der Waals surface area contributed by atoms with Crippen LogP contribution in [0.4, 0.5) is 10.2 Å². The number of nitrogens with one attached hydrogen (secondary N) is 1. The second-order valence-electron chi connectivity index (χ2n) is 5.46. The Morgan fingerprint density at radius 1 is 1.00 bits per heavy atom. The molecule has 0 amide bonds. The van der Waals surface area contributed by atoms with Gasteiger partial charge in [-0.25, -0.2) is 4.39 Å². The van der Waals surface area contributed by atoms with Gasteiger partial charge in [-0.05, 0) is 37.6 Å². The van der Waals surface area contributed by atoms with Gasteiger partial charge in [0, 0.05) is 24.0 Å². The van der Waals surface area contributed by atoms with Crippen LogP contribution in [-0.2, 0) is 0 Å². The highest BCUT2D eigenvalue weighted by atomic mass is 19.1. The predicted molar refractivity (Wildman–Crippen MR) is 87.3 cm³/mol. The largest absolute Gasteiger partial charge is 0.374 e. The van der Waals surface area contributed by atoms with E-state index in [9.17, 15) is 4.39 Å². The number of fused-ring (bicyclic) bond motifs is 1. The Morgan fingerprint density at radius 3 is 2.29 bits per heavy atom. The van der Waals surface area contributed by atoms with E-state index in [0.29, 0.717) is 6.04 Å². The fourth-order valence-electron chi connectivity index (χ4n) is 2.95. The minimum atomic E-state index is -0.211. The first-order valence-electron chi connectivity index (χ1n) is 7.20. The lowest BCUT2D eigenvalue weighted by molar-refractivity contribution is 0.627. The Kier molecular flexibility index (Phi) is 3.42. The van der Waals surface area contributed by atoms with Crippen molar-refractivity contribution in [1.82, 2.24) is 4.57 Å². The second kappa shape index (κ2) is 5.24. The molecule has 0 fully saturated rings. The van der Waals surface area contributed by atoms with Crippen molar-refractivity contribution in [2.24, 2.45) is 0 Å². The Bertz CT molecular complexity index is 770. The lowest BCUT2D eigenvalue weighted by Gasteiger charge is -2.15. The van der Waals surface area contributed by atoms with Gasteiger partial charge in [-0.3, -0.25) is 0 Å². The number of benzene rings is 2. The normalized spacial score (nSPS) is 11.3. The van der Waals surface area contributed by atoms with Crippen molar-refractivity contribution in [3.05, 3.63) is 54.3 Å². The maximum atomic E-state index is 13.2. The van der Waals surface area contributed by atoms with Crippen LogP contribution in [0.5, 0.6) is 0 Å². The molecule has 1 N–H and O–H groups in total. The third-order valence-electron chi connectivity index (χ3n) is 3.80. The summed E-state index contributed by atoms with van der Waals surface area (Å²) in [6.07, 6.45) is 0. The molecule has 3 rings (SSSR count). The van der Waals surface area contributed by atoms with E-state index in [2.05, 4.69) is 41.9 Å². The summed E-state index contributed by atoms with van der Waals surface area (Å²) in [6.45, 7) is 4.34. The van der Waals surface area contributed by atoms with E-state index < -0.39 is 0 Å². The van der Waals surface area contributed by atoms with Crippen molar-refractivity contribution in [3.63, 3.8) is 0 Å². The van der Waals surface area contributed by atoms with Gasteiger partial charge in [0.1, 0.15) is 11.6 Å². The number of hydrogen-bond donors (Lipinski definition) is 1. The molecule has 3 heteroatoms. The average Bonchev–Trinajstić information content (AvgIpc) is 2.82. The van der Waals surface area contributed by atoms with Crippen molar-refractivity contribution in [3.8, 4) is 11.1 Å². The van der Waals surface area contributed by atoms with Gasteiger partial charge < -0.3 is 9.88 Å². The van der Waals surface area contributed by atoms with Crippen LogP contribution < -0.4 is 5.32 Å². The quantitative estimate of drug-likeness (QED) is 0.709. The zero-order valence-corrected chi connectivity index (χ0v) is 12.5. The molecule has 21 heavy (non-hydrogen) atoms. The fraction of sp³-hybridized carbons (Fsp3) is 0.222. The number of hydrogen-bond acceptors (Lipinski definition) is 1. The number of nitrogens with zero attached hydrogens (tertiary/aromatic N) is 1. The van der Waals surface area contributed by atoms with E-state index in [1.165, 1.54) is 23.0 Å². The highest BCUT2D eigenvalue weighted by Crippen LogP contribution is 2.40. The summed E-state index contributed by atoms with van der Waals surface area (Å²) >= 11 is 0. The zero-order chi connectivity index (χ0) is 15.0. The molecule has 0 aliphatic carbocycles. The first-order chi connectivity index (χ1) is 10.1. The molecule has 1 heterocycles. The Morgan fingerprint density at radius 2 is 1.67 bits per heavy atom. The second-order valence-corrected chi connectivity index (χ2v) is 5.46. The number of anilines is 1. The van der Waals surface area contributed by atoms with Crippen LogP contribution in [0.2, 0.25) is 0 Å². The summed E-state index contributed by atoms with van der Waals surface area (Å²) in [5.74, 6) is 0.857. The summed E-state index contributed by atoms with van der Waals surface area (Å²) < 4.78 is 15.5. The van der Waals surface area contributed by atoms with Crippen LogP contribution in [0.25, 0.3) is 22.0 Å². The summed E-state index contributed by atoms with van der Waals surface area (Å²) in [4.78, 5) is 0.